The fourth-order valence-electron chi connectivity index (χ4n) is 2.68. The minimum absolute atomic E-state index is 0.509. The molecule has 8 heteroatoms. The van der Waals surface area contributed by atoms with E-state index >= 15 is 0 Å². The predicted molar refractivity (Wildman–Crippen MR) is 117 cm³/mol. The van der Waals surface area contributed by atoms with Crippen LogP contribution in [-0.2, 0) is 6.42 Å². The van der Waals surface area contributed by atoms with Gasteiger partial charge in [0.2, 0.25) is 0 Å². The maximum Gasteiger partial charge on any atom is 0.172 e. The Balaban J connectivity index is 1.50. The number of methoxy groups -OCH3 is 2. The van der Waals surface area contributed by atoms with E-state index in [-0.39, 0.29) is 0 Å². The molecule has 0 aliphatic carbocycles. The van der Waals surface area contributed by atoms with Crippen molar-refractivity contribution < 1.29 is 9.47 Å². The summed E-state index contributed by atoms with van der Waals surface area (Å²) in [5.74, 6) is 2.08. The Labute approximate surface area is 174 Å². The molecule has 0 atom stereocenters. The molecule has 1 heterocycles. The number of ether oxygens (including phenoxy) is 2. The van der Waals surface area contributed by atoms with Crippen LogP contribution in [0.5, 0.6) is 11.5 Å². The van der Waals surface area contributed by atoms with E-state index in [9.17, 15) is 0 Å². The van der Waals surface area contributed by atoms with Gasteiger partial charge in [-0.25, -0.2) is 0 Å². The summed E-state index contributed by atoms with van der Waals surface area (Å²) in [7, 11) is 3.25. The summed E-state index contributed by atoms with van der Waals surface area (Å²) in [5, 5.41) is 14.7. The zero-order valence-electron chi connectivity index (χ0n) is 15.6. The van der Waals surface area contributed by atoms with E-state index < -0.39 is 0 Å². The molecule has 3 N–H and O–H groups in total. The van der Waals surface area contributed by atoms with Crippen LogP contribution in [0, 0.1) is 0 Å². The molecule has 0 unspecified atom stereocenters. The summed E-state index contributed by atoms with van der Waals surface area (Å²) in [4.78, 5) is 0. The lowest BCUT2D eigenvalue weighted by molar-refractivity contribution is 0.354. The number of aromatic nitrogens is 2. The van der Waals surface area contributed by atoms with Crippen molar-refractivity contribution in [3.8, 4) is 22.8 Å². The van der Waals surface area contributed by atoms with Crippen LogP contribution in [0.3, 0.4) is 0 Å². The molecule has 0 aliphatic heterocycles. The molecule has 28 heavy (non-hydrogen) atoms. The van der Waals surface area contributed by atoms with Crippen LogP contribution in [0.2, 0.25) is 5.02 Å². The number of H-pyrrole nitrogens is 1. The lowest BCUT2D eigenvalue weighted by Gasteiger charge is -2.11. The molecule has 0 saturated heterocycles. The van der Waals surface area contributed by atoms with Crippen LogP contribution in [0.25, 0.3) is 11.3 Å². The zero-order valence-corrected chi connectivity index (χ0v) is 17.2. The monoisotopic (exact) mass is 416 g/mol. The highest BCUT2D eigenvalue weighted by atomic mass is 35.5. The number of aromatic amines is 1. The predicted octanol–water partition coefficient (Wildman–Crippen LogP) is 4.28. The number of nitrogens with one attached hydrogen (secondary N) is 3. The second-order valence-electron chi connectivity index (χ2n) is 5.99. The van der Waals surface area contributed by atoms with Crippen LogP contribution >= 0.6 is 23.8 Å². The maximum absolute atomic E-state index is 5.92. The average Bonchev–Trinajstić information content (AvgIpc) is 3.16. The van der Waals surface area contributed by atoms with Crippen LogP contribution in [0.15, 0.2) is 48.5 Å². The first-order chi connectivity index (χ1) is 13.6. The highest BCUT2D eigenvalue weighted by molar-refractivity contribution is 7.80. The number of hydrogen-bond acceptors (Lipinski definition) is 4. The highest BCUT2D eigenvalue weighted by Crippen LogP contribution is 2.27. The lowest BCUT2D eigenvalue weighted by Crippen LogP contribution is -2.30. The van der Waals surface area contributed by atoms with Crippen molar-refractivity contribution in [2.24, 2.45) is 0 Å². The summed E-state index contributed by atoms with van der Waals surface area (Å²) in [5.41, 5.74) is 3.00. The molecule has 0 aliphatic rings. The molecule has 146 valence electrons. The molecular formula is C20H21ClN4O2S. The van der Waals surface area contributed by atoms with Gasteiger partial charge in [-0.2, -0.15) is 5.10 Å². The molecule has 6 nitrogen and oxygen atoms in total. The highest BCUT2D eigenvalue weighted by Gasteiger charge is 2.07. The van der Waals surface area contributed by atoms with Gasteiger partial charge in [-0.3, -0.25) is 5.10 Å². The minimum Gasteiger partial charge on any atom is -0.493 e. The van der Waals surface area contributed by atoms with Crippen molar-refractivity contribution in [2.75, 3.05) is 26.1 Å². The molecule has 0 saturated carbocycles. The number of benzene rings is 2. The smallest absolute Gasteiger partial charge is 0.172 e. The van der Waals surface area contributed by atoms with E-state index in [4.69, 9.17) is 33.3 Å². The van der Waals surface area contributed by atoms with Gasteiger partial charge in [-0.15, -0.1) is 0 Å². The van der Waals surface area contributed by atoms with Gasteiger partial charge in [0.25, 0.3) is 0 Å². The van der Waals surface area contributed by atoms with E-state index in [0.717, 1.165) is 23.2 Å². The second kappa shape index (κ2) is 9.43. The van der Waals surface area contributed by atoms with Gasteiger partial charge in [0.1, 0.15) is 0 Å². The fourth-order valence-corrected chi connectivity index (χ4v) is 3.01. The Kier molecular flexibility index (Phi) is 6.73. The number of halogens is 1. The molecular weight excluding hydrogens is 396 g/mol. The first kappa shape index (κ1) is 20.0. The van der Waals surface area contributed by atoms with Crippen molar-refractivity contribution in [1.82, 2.24) is 15.5 Å². The van der Waals surface area contributed by atoms with Gasteiger partial charge in [0.05, 0.1) is 19.9 Å². The van der Waals surface area contributed by atoms with E-state index in [1.165, 1.54) is 0 Å². The largest absolute Gasteiger partial charge is 0.493 e. The SMILES string of the molecule is COc1ccc(CCNC(=S)Nc2cc(-c3ccc(Cl)cc3)[nH]n2)cc1OC. The third-order valence-electron chi connectivity index (χ3n) is 4.12. The fraction of sp³-hybridized carbons (Fsp3) is 0.200. The van der Waals surface area contributed by atoms with Gasteiger partial charge < -0.3 is 20.1 Å². The molecule has 0 radical (unpaired) electrons. The van der Waals surface area contributed by atoms with Crippen molar-refractivity contribution >= 4 is 34.7 Å². The molecule has 0 amide bonds. The van der Waals surface area contributed by atoms with Crippen LogP contribution in [-0.4, -0.2) is 36.1 Å². The summed E-state index contributed by atoms with van der Waals surface area (Å²) in [6, 6.07) is 15.3. The van der Waals surface area contributed by atoms with E-state index in [0.29, 0.717) is 34.0 Å². The van der Waals surface area contributed by atoms with Crippen molar-refractivity contribution in [3.63, 3.8) is 0 Å². The maximum atomic E-state index is 5.92. The molecule has 0 spiro atoms. The van der Waals surface area contributed by atoms with Crippen LogP contribution in [0.4, 0.5) is 5.82 Å². The molecule has 2 aromatic carbocycles. The first-order valence-corrected chi connectivity index (χ1v) is 9.45. The third kappa shape index (κ3) is 5.15. The number of anilines is 1. The summed E-state index contributed by atoms with van der Waals surface area (Å²) >= 11 is 11.3. The van der Waals surface area contributed by atoms with Gasteiger partial charge in [0, 0.05) is 17.6 Å². The van der Waals surface area contributed by atoms with Crippen LogP contribution in [0.1, 0.15) is 5.56 Å². The molecule has 3 rings (SSSR count). The minimum atomic E-state index is 0.509. The normalized spacial score (nSPS) is 10.4. The Morgan fingerprint density at radius 1 is 1.07 bits per heavy atom. The standard InChI is InChI=1S/C20H21ClN4O2S/c1-26-17-8-3-13(11-18(17)27-2)9-10-22-20(28)23-19-12-16(24-25-19)14-4-6-15(21)7-5-14/h3-8,11-12H,9-10H2,1-2H3,(H3,22,23,24,25,28). The Morgan fingerprint density at radius 3 is 2.54 bits per heavy atom. The number of rotatable bonds is 7. The van der Waals surface area contributed by atoms with E-state index in [1.807, 2.05) is 48.5 Å². The van der Waals surface area contributed by atoms with Crippen LogP contribution < -0.4 is 20.1 Å². The Bertz CT molecular complexity index is 944. The van der Waals surface area contributed by atoms with Gasteiger partial charge >= 0.3 is 0 Å². The summed E-state index contributed by atoms with van der Waals surface area (Å²) in [6.45, 7) is 0.676. The number of thiocarbonyl (C=S) groups is 1. The summed E-state index contributed by atoms with van der Waals surface area (Å²) < 4.78 is 10.6. The second-order valence-corrected chi connectivity index (χ2v) is 6.84. The number of hydrogen-bond donors (Lipinski definition) is 3. The van der Waals surface area contributed by atoms with Crippen molar-refractivity contribution in [2.45, 2.75) is 6.42 Å². The molecule has 0 fully saturated rings. The average molecular weight is 417 g/mol. The van der Waals surface area contributed by atoms with Crippen molar-refractivity contribution in [1.29, 1.82) is 0 Å². The first-order valence-electron chi connectivity index (χ1n) is 8.66. The van der Waals surface area contributed by atoms with E-state index in [2.05, 4.69) is 20.8 Å². The third-order valence-corrected chi connectivity index (χ3v) is 4.62. The number of nitrogens with zero attached hydrogens (tertiary/aromatic N) is 1. The molecule has 1 aromatic heterocycles. The van der Waals surface area contributed by atoms with Gasteiger partial charge in [-0.1, -0.05) is 29.8 Å². The van der Waals surface area contributed by atoms with E-state index in [1.54, 1.807) is 14.2 Å². The molecule has 3 aromatic rings. The Hall–Kier alpha value is -2.77. The topological polar surface area (TPSA) is 71.2 Å². The lowest BCUT2D eigenvalue weighted by atomic mass is 10.1. The quantitative estimate of drug-likeness (QED) is 0.499. The zero-order chi connectivity index (χ0) is 19.9. The molecule has 0 bridgehead atoms. The summed E-state index contributed by atoms with van der Waals surface area (Å²) in [6.07, 6.45) is 0.790. The van der Waals surface area contributed by atoms with Crippen molar-refractivity contribution in [3.05, 3.63) is 59.1 Å². The Morgan fingerprint density at radius 2 is 1.82 bits per heavy atom. The van der Waals surface area contributed by atoms with Gasteiger partial charge in [-0.05, 0) is 54.0 Å². The van der Waals surface area contributed by atoms with Gasteiger partial charge in [0.15, 0.2) is 22.4 Å².